The van der Waals surface area contributed by atoms with Crippen molar-refractivity contribution >= 4 is 27.5 Å². The van der Waals surface area contributed by atoms with E-state index in [1.165, 1.54) is 0 Å². The van der Waals surface area contributed by atoms with Crippen LogP contribution in [0.1, 0.15) is 5.56 Å². The van der Waals surface area contributed by atoms with Crippen molar-refractivity contribution in [1.29, 1.82) is 0 Å². The zero-order valence-electron chi connectivity index (χ0n) is 18.1. The van der Waals surface area contributed by atoms with Crippen LogP contribution in [0.25, 0.3) is 11.1 Å². The highest BCUT2D eigenvalue weighted by molar-refractivity contribution is 7.89. The van der Waals surface area contributed by atoms with Crippen LogP contribution in [0.4, 0.5) is 17.5 Å². The van der Waals surface area contributed by atoms with Gasteiger partial charge in [0.25, 0.3) is 0 Å². The molecule has 0 spiro atoms. The molecule has 33 heavy (non-hydrogen) atoms. The molecule has 4 rings (SSSR count). The number of anilines is 3. The molecule has 0 radical (unpaired) electrons. The maximum absolute atomic E-state index is 12.6. The maximum atomic E-state index is 12.6. The number of hydrogen-bond donors (Lipinski definition) is 3. The van der Waals surface area contributed by atoms with Gasteiger partial charge >= 0.3 is 0 Å². The summed E-state index contributed by atoms with van der Waals surface area (Å²) in [6.07, 6.45) is 1.72. The number of sulfonamides is 1. The highest BCUT2D eigenvalue weighted by atomic mass is 32.2. The van der Waals surface area contributed by atoms with Crippen molar-refractivity contribution in [2.45, 2.75) is 11.8 Å². The minimum Gasteiger partial charge on any atom is -0.367 e. The Hall–Kier alpha value is -3.82. The van der Waals surface area contributed by atoms with E-state index in [1.807, 2.05) is 49.4 Å². The lowest BCUT2D eigenvalue weighted by molar-refractivity contribution is 0.583. The Labute approximate surface area is 193 Å². The SMILES string of the molecule is Cc1ccnc(Nc2ccc(NCCNS(=O)(=O)c3ccc(-c4ccccc4)cc3)nn2)c1. The molecule has 168 valence electrons. The van der Waals surface area contributed by atoms with Crippen LogP contribution in [0, 0.1) is 6.92 Å². The van der Waals surface area contributed by atoms with Gasteiger partial charge in [0.05, 0.1) is 4.90 Å². The van der Waals surface area contributed by atoms with Crippen LogP contribution in [0.5, 0.6) is 0 Å². The quantitative estimate of drug-likeness (QED) is 0.324. The first kappa shape index (κ1) is 22.4. The van der Waals surface area contributed by atoms with Crippen molar-refractivity contribution in [3.63, 3.8) is 0 Å². The first-order chi connectivity index (χ1) is 16.0. The second kappa shape index (κ2) is 10.2. The molecule has 0 amide bonds. The summed E-state index contributed by atoms with van der Waals surface area (Å²) in [7, 11) is -3.60. The van der Waals surface area contributed by atoms with Gasteiger partial charge in [0.2, 0.25) is 10.0 Å². The molecule has 0 aliphatic rings. The van der Waals surface area contributed by atoms with Gasteiger partial charge in [-0.05, 0) is 60.0 Å². The molecule has 2 aromatic heterocycles. The highest BCUT2D eigenvalue weighted by Crippen LogP contribution is 2.21. The number of benzene rings is 2. The molecule has 0 unspecified atom stereocenters. The summed E-state index contributed by atoms with van der Waals surface area (Å²) in [5, 5.41) is 14.4. The monoisotopic (exact) mass is 460 g/mol. The number of pyridine rings is 1. The fourth-order valence-electron chi connectivity index (χ4n) is 3.15. The van der Waals surface area contributed by atoms with Crippen LogP contribution in [0.2, 0.25) is 0 Å². The number of hydrogen-bond acceptors (Lipinski definition) is 7. The molecule has 0 saturated heterocycles. The molecular weight excluding hydrogens is 436 g/mol. The first-order valence-corrected chi connectivity index (χ1v) is 11.9. The topological polar surface area (TPSA) is 109 Å². The van der Waals surface area contributed by atoms with Gasteiger partial charge < -0.3 is 10.6 Å². The molecular formula is C24H24N6O2S. The number of aromatic nitrogens is 3. The summed E-state index contributed by atoms with van der Waals surface area (Å²) in [5.74, 6) is 1.80. The average molecular weight is 461 g/mol. The van der Waals surface area contributed by atoms with Crippen LogP contribution in [0.15, 0.2) is 90.0 Å². The fraction of sp³-hybridized carbons (Fsp3) is 0.125. The summed E-state index contributed by atoms with van der Waals surface area (Å²) in [5.41, 5.74) is 3.09. The highest BCUT2D eigenvalue weighted by Gasteiger charge is 2.13. The fourth-order valence-corrected chi connectivity index (χ4v) is 4.18. The number of nitrogens with zero attached hydrogens (tertiary/aromatic N) is 3. The molecule has 0 aliphatic heterocycles. The lowest BCUT2D eigenvalue weighted by Crippen LogP contribution is -2.29. The minimum absolute atomic E-state index is 0.206. The van der Waals surface area contributed by atoms with Gasteiger partial charge in [-0.2, -0.15) is 0 Å². The first-order valence-electron chi connectivity index (χ1n) is 10.4. The van der Waals surface area contributed by atoms with Gasteiger partial charge in [0.1, 0.15) is 11.6 Å². The minimum atomic E-state index is -3.60. The van der Waals surface area contributed by atoms with E-state index in [9.17, 15) is 8.42 Å². The third-order valence-electron chi connectivity index (χ3n) is 4.83. The molecule has 2 aromatic carbocycles. The van der Waals surface area contributed by atoms with Gasteiger partial charge in [-0.25, -0.2) is 18.1 Å². The van der Waals surface area contributed by atoms with Crippen molar-refractivity contribution in [2.75, 3.05) is 23.7 Å². The van der Waals surface area contributed by atoms with Gasteiger partial charge in [-0.1, -0.05) is 42.5 Å². The van der Waals surface area contributed by atoms with Crippen molar-refractivity contribution in [1.82, 2.24) is 19.9 Å². The number of rotatable bonds is 9. The van der Waals surface area contributed by atoms with Crippen LogP contribution in [0.3, 0.4) is 0 Å². The Bertz CT molecular complexity index is 1300. The summed E-state index contributed by atoms with van der Waals surface area (Å²) >= 11 is 0. The third-order valence-corrected chi connectivity index (χ3v) is 6.31. The van der Waals surface area contributed by atoms with Crippen LogP contribution < -0.4 is 15.4 Å². The molecule has 3 N–H and O–H groups in total. The van der Waals surface area contributed by atoms with E-state index in [4.69, 9.17) is 0 Å². The third kappa shape index (κ3) is 6.12. The Kier molecular flexibility index (Phi) is 6.92. The molecule has 0 fully saturated rings. The second-order valence-corrected chi connectivity index (χ2v) is 9.13. The lowest BCUT2D eigenvalue weighted by atomic mass is 10.1. The molecule has 8 nitrogen and oxygen atoms in total. The molecule has 9 heteroatoms. The molecule has 2 heterocycles. The van der Waals surface area contributed by atoms with E-state index in [0.717, 1.165) is 16.7 Å². The second-order valence-electron chi connectivity index (χ2n) is 7.36. The zero-order valence-corrected chi connectivity index (χ0v) is 18.9. The molecule has 0 bridgehead atoms. The van der Waals surface area contributed by atoms with Crippen molar-refractivity contribution < 1.29 is 8.42 Å². The molecule has 0 aliphatic carbocycles. The van der Waals surface area contributed by atoms with Gasteiger partial charge in [0, 0.05) is 19.3 Å². The number of nitrogens with one attached hydrogen (secondary N) is 3. The Morgan fingerprint density at radius 1 is 0.758 bits per heavy atom. The van der Waals surface area contributed by atoms with Crippen molar-refractivity contribution in [3.8, 4) is 11.1 Å². The van der Waals surface area contributed by atoms with E-state index in [1.54, 1.807) is 42.6 Å². The Morgan fingerprint density at radius 3 is 2.15 bits per heavy atom. The van der Waals surface area contributed by atoms with Gasteiger partial charge in [-0.3, -0.25) is 0 Å². The van der Waals surface area contributed by atoms with Crippen molar-refractivity contribution in [2.24, 2.45) is 0 Å². The zero-order chi connectivity index (χ0) is 23.1. The molecule has 4 aromatic rings. The molecule has 0 saturated carbocycles. The predicted molar refractivity (Wildman–Crippen MR) is 130 cm³/mol. The predicted octanol–water partition coefficient (Wildman–Crippen LogP) is 3.98. The smallest absolute Gasteiger partial charge is 0.240 e. The molecule has 0 atom stereocenters. The van der Waals surface area contributed by atoms with Gasteiger partial charge in [0.15, 0.2) is 5.82 Å². The van der Waals surface area contributed by atoms with E-state index in [2.05, 4.69) is 30.5 Å². The van der Waals surface area contributed by atoms with Crippen LogP contribution in [-0.4, -0.2) is 36.7 Å². The Morgan fingerprint density at radius 2 is 1.45 bits per heavy atom. The summed E-state index contributed by atoms with van der Waals surface area (Å²) in [6, 6.07) is 24.0. The number of aryl methyl sites for hydroxylation is 1. The van der Waals surface area contributed by atoms with Gasteiger partial charge in [-0.15, -0.1) is 10.2 Å². The summed E-state index contributed by atoms with van der Waals surface area (Å²) in [4.78, 5) is 4.45. The van der Waals surface area contributed by atoms with E-state index in [-0.39, 0.29) is 11.4 Å². The van der Waals surface area contributed by atoms with Crippen LogP contribution in [-0.2, 0) is 10.0 Å². The Balaban J connectivity index is 1.26. The van der Waals surface area contributed by atoms with Crippen LogP contribution >= 0.6 is 0 Å². The standard InChI is InChI=1S/C24H24N6O2S/c1-18-13-14-25-24(17-18)28-23-12-11-22(29-30-23)26-15-16-27-33(31,32)21-9-7-20(8-10-21)19-5-3-2-4-6-19/h2-14,17,27H,15-16H2,1H3,(H,26,29)(H,25,28,30). The summed E-state index contributed by atoms with van der Waals surface area (Å²) in [6.45, 7) is 2.55. The van der Waals surface area contributed by atoms with Crippen molar-refractivity contribution in [3.05, 3.63) is 90.6 Å². The van der Waals surface area contributed by atoms with E-state index >= 15 is 0 Å². The summed E-state index contributed by atoms with van der Waals surface area (Å²) < 4.78 is 27.7. The average Bonchev–Trinajstić information content (AvgIpc) is 2.84. The normalized spacial score (nSPS) is 11.2. The van der Waals surface area contributed by atoms with E-state index < -0.39 is 10.0 Å². The van der Waals surface area contributed by atoms with E-state index in [0.29, 0.717) is 24.0 Å². The lowest BCUT2D eigenvalue weighted by Gasteiger charge is -2.09. The largest absolute Gasteiger partial charge is 0.367 e. The maximum Gasteiger partial charge on any atom is 0.240 e.